The topological polar surface area (TPSA) is 105 Å². The second kappa shape index (κ2) is 7.04. The van der Waals surface area contributed by atoms with Crippen LogP contribution in [0, 0.1) is 15.5 Å². The number of piperidine rings is 1. The number of anilines is 1. The van der Waals surface area contributed by atoms with E-state index in [2.05, 4.69) is 17.6 Å². The van der Waals surface area contributed by atoms with Crippen molar-refractivity contribution in [1.29, 1.82) is 0 Å². The number of rotatable bonds is 6. The Labute approximate surface area is 142 Å². The average molecular weight is 356 g/mol. The van der Waals surface area contributed by atoms with Gasteiger partial charge in [-0.2, -0.15) is 0 Å². The molecule has 24 heavy (non-hydrogen) atoms. The van der Waals surface area contributed by atoms with Gasteiger partial charge in [-0.3, -0.25) is 10.1 Å². The number of hydrogen-bond acceptors (Lipinski definition) is 6. The van der Waals surface area contributed by atoms with Gasteiger partial charge in [-0.05, 0) is 43.5 Å². The summed E-state index contributed by atoms with van der Waals surface area (Å²) in [7, 11) is -0.916. The number of nitro groups is 1. The summed E-state index contributed by atoms with van der Waals surface area (Å²) in [5.41, 5.74) is 0.181. The predicted octanol–water partition coefficient (Wildman–Crippen LogP) is 1.65. The highest BCUT2D eigenvalue weighted by Gasteiger charge is 2.28. The summed E-state index contributed by atoms with van der Waals surface area (Å²) >= 11 is 0. The molecule has 0 bridgehead atoms. The van der Waals surface area contributed by atoms with Crippen LogP contribution in [0.4, 0.5) is 11.4 Å². The SMILES string of the molecule is CN(C)S(=O)(=O)c1ccc(NCC2(C)CCNCC2)c([N+](=O)[O-])c1. The molecule has 2 rings (SSSR count). The van der Waals surface area contributed by atoms with Gasteiger partial charge in [0.05, 0.1) is 9.82 Å². The van der Waals surface area contributed by atoms with Crippen LogP contribution in [0.1, 0.15) is 19.8 Å². The number of nitrogens with one attached hydrogen (secondary N) is 2. The number of nitro benzene ring substituents is 1. The molecule has 0 amide bonds. The highest BCUT2D eigenvalue weighted by atomic mass is 32.2. The average Bonchev–Trinajstić information content (AvgIpc) is 2.53. The largest absolute Gasteiger partial charge is 0.379 e. The van der Waals surface area contributed by atoms with Crippen molar-refractivity contribution in [3.8, 4) is 0 Å². The van der Waals surface area contributed by atoms with Crippen LogP contribution in [0.5, 0.6) is 0 Å². The molecule has 1 fully saturated rings. The van der Waals surface area contributed by atoms with Gasteiger partial charge in [-0.15, -0.1) is 0 Å². The van der Waals surface area contributed by atoms with E-state index >= 15 is 0 Å². The normalized spacial score (nSPS) is 17.7. The molecule has 134 valence electrons. The summed E-state index contributed by atoms with van der Waals surface area (Å²) in [6, 6.07) is 3.98. The molecule has 1 aliphatic rings. The van der Waals surface area contributed by atoms with Crippen molar-refractivity contribution in [2.24, 2.45) is 5.41 Å². The summed E-state index contributed by atoms with van der Waals surface area (Å²) in [5, 5.41) is 17.8. The Morgan fingerprint density at radius 3 is 2.50 bits per heavy atom. The third kappa shape index (κ3) is 4.03. The van der Waals surface area contributed by atoms with Crippen molar-refractivity contribution >= 4 is 21.4 Å². The van der Waals surface area contributed by atoms with E-state index in [1.54, 1.807) is 0 Å². The van der Waals surface area contributed by atoms with E-state index < -0.39 is 14.9 Å². The highest BCUT2D eigenvalue weighted by Crippen LogP contribution is 2.32. The van der Waals surface area contributed by atoms with Gasteiger partial charge in [0.2, 0.25) is 10.0 Å². The van der Waals surface area contributed by atoms with Crippen molar-refractivity contribution in [3.05, 3.63) is 28.3 Å². The summed E-state index contributed by atoms with van der Waals surface area (Å²) in [4.78, 5) is 10.7. The lowest BCUT2D eigenvalue weighted by molar-refractivity contribution is -0.384. The maximum absolute atomic E-state index is 12.2. The van der Waals surface area contributed by atoms with E-state index in [0.29, 0.717) is 12.2 Å². The lowest BCUT2D eigenvalue weighted by atomic mass is 9.81. The standard InChI is InChI=1S/C15H24N4O4S/c1-15(6-8-16-9-7-15)11-17-13-5-4-12(10-14(13)19(20)21)24(22,23)18(2)3/h4-5,10,16-17H,6-9,11H2,1-3H3. The fraction of sp³-hybridized carbons (Fsp3) is 0.600. The second-order valence-electron chi connectivity index (χ2n) is 6.64. The van der Waals surface area contributed by atoms with Crippen LogP contribution >= 0.6 is 0 Å². The van der Waals surface area contributed by atoms with Crippen LogP contribution in [-0.2, 0) is 10.0 Å². The first kappa shape index (κ1) is 18.6. The minimum Gasteiger partial charge on any atom is -0.379 e. The van der Waals surface area contributed by atoms with E-state index in [0.717, 1.165) is 36.3 Å². The molecule has 0 aromatic heterocycles. The van der Waals surface area contributed by atoms with Crippen molar-refractivity contribution < 1.29 is 13.3 Å². The van der Waals surface area contributed by atoms with E-state index in [-0.39, 0.29) is 16.0 Å². The molecule has 0 radical (unpaired) electrons. The molecular formula is C15H24N4O4S. The third-order valence-corrected chi connectivity index (χ3v) is 6.27. The van der Waals surface area contributed by atoms with Gasteiger partial charge in [-0.25, -0.2) is 12.7 Å². The zero-order chi connectivity index (χ0) is 18.0. The Kier molecular flexibility index (Phi) is 5.46. The first-order valence-electron chi connectivity index (χ1n) is 7.81. The lowest BCUT2D eigenvalue weighted by Gasteiger charge is -2.34. The molecule has 8 nitrogen and oxygen atoms in total. The second-order valence-corrected chi connectivity index (χ2v) is 8.79. The molecule has 1 aliphatic heterocycles. The van der Waals surface area contributed by atoms with Gasteiger partial charge in [0, 0.05) is 26.7 Å². The number of hydrogen-bond donors (Lipinski definition) is 2. The van der Waals surface area contributed by atoms with Crippen molar-refractivity contribution in [3.63, 3.8) is 0 Å². The summed E-state index contributed by atoms with van der Waals surface area (Å²) in [5.74, 6) is 0. The maximum atomic E-state index is 12.2. The van der Waals surface area contributed by atoms with Gasteiger partial charge in [0.1, 0.15) is 5.69 Å². The Bertz CT molecular complexity index is 712. The Balaban J connectivity index is 2.26. The van der Waals surface area contributed by atoms with Crippen LogP contribution in [0.2, 0.25) is 0 Å². The van der Waals surface area contributed by atoms with Gasteiger partial charge in [0.15, 0.2) is 0 Å². The molecule has 0 atom stereocenters. The van der Waals surface area contributed by atoms with Crippen LogP contribution in [-0.4, -0.2) is 51.4 Å². The fourth-order valence-electron chi connectivity index (χ4n) is 2.70. The molecule has 9 heteroatoms. The highest BCUT2D eigenvalue weighted by molar-refractivity contribution is 7.89. The van der Waals surface area contributed by atoms with Crippen molar-refractivity contribution in [1.82, 2.24) is 9.62 Å². The zero-order valence-electron chi connectivity index (χ0n) is 14.2. The number of sulfonamides is 1. The summed E-state index contributed by atoms with van der Waals surface area (Å²) in [6.07, 6.45) is 1.97. The number of nitrogens with zero attached hydrogens (tertiary/aromatic N) is 2. The van der Waals surface area contributed by atoms with Crippen LogP contribution in [0.25, 0.3) is 0 Å². The molecule has 0 aliphatic carbocycles. The smallest absolute Gasteiger partial charge is 0.293 e. The van der Waals surface area contributed by atoms with E-state index in [1.807, 2.05) is 0 Å². The third-order valence-electron chi connectivity index (χ3n) is 4.46. The first-order chi connectivity index (χ1) is 11.2. The molecule has 0 spiro atoms. The zero-order valence-corrected chi connectivity index (χ0v) is 15.0. The molecule has 1 heterocycles. The molecule has 2 N–H and O–H groups in total. The van der Waals surface area contributed by atoms with Crippen molar-refractivity contribution in [2.75, 3.05) is 39.0 Å². The Morgan fingerprint density at radius 2 is 1.96 bits per heavy atom. The monoisotopic (exact) mass is 356 g/mol. The molecular weight excluding hydrogens is 332 g/mol. The minimum atomic E-state index is -3.70. The molecule has 1 aromatic carbocycles. The first-order valence-corrected chi connectivity index (χ1v) is 9.25. The van der Waals surface area contributed by atoms with Gasteiger partial charge < -0.3 is 10.6 Å². The molecule has 1 aromatic rings. The number of benzene rings is 1. The predicted molar refractivity (Wildman–Crippen MR) is 92.7 cm³/mol. The molecule has 0 unspecified atom stereocenters. The molecule has 0 saturated carbocycles. The van der Waals surface area contributed by atoms with E-state index in [1.165, 1.54) is 26.2 Å². The van der Waals surface area contributed by atoms with Gasteiger partial charge >= 0.3 is 0 Å². The molecule has 1 saturated heterocycles. The fourth-order valence-corrected chi connectivity index (χ4v) is 3.62. The van der Waals surface area contributed by atoms with Gasteiger partial charge in [0.25, 0.3) is 5.69 Å². The van der Waals surface area contributed by atoms with Crippen LogP contribution < -0.4 is 10.6 Å². The van der Waals surface area contributed by atoms with E-state index in [9.17, 15) is 18.5 Å². The lowest BCUT2D eigenvalue weighted by Crippen LogP contribution is -2.39. The summed E-state index contributed by atoms with van der Waals surface area (Å²) in [6.45, 7) is 4.62. The summed E-state index contributed by atoms with van der Waals surface area (Å²) < 4.78 is 25.3. The Morgan fingerprint density at radius 1 is 1.33 bits per heavy atom. The maximum Gasteiger partial charge on any atom is 0.293 e. The van der Waals surface area contributed by atoms with Crippen LogP contribution in [0.3, 0.4) is 0 Å². The van der Waals surface area contributed by atoms with Crippen molar-refractivity contribution in [2.45, 2.75) is 24.7 Å². The minimum absolute atomic E-state index is 0.0630. The quantitative estimate of drug-likeness (QED) is 0.593. The van der Waals surface area contributed by atoms with E-state index in [4.69, 9.17) is 0 Å². The van der Waals surface area contributed by atoms with Gasteiger partial charge in [-0.1, -0.05) is 6.92 Å². The Hall–Kier alpha value is -1.71. The van der Waals surface area contributed by atoms with Crippen LogP contribution in [0.15, 0.2) is 23.1 Å².